The molecule has 0 heterocycles. The molecule has 0 fully saturated rings. The van der Waals surface area contributed by atoms with Crippen molar-refractivity contribution in [3.05, 3.63) is 0 Å². The molecule has 0 aromatic heterocycles. The quantitative estimate of drug-likeness (QED) is 0.310. The Morgan fingerprint density at radius 2 is 1.69 bits per heavy atom. The second-order valence-corrected chi connectivity index (χ2v) is 2.23. The van der Waals surface area contributed by atoms with Crippen molar-refractivity contribution >= 4 is 11.8 Å². The second-order valence-electron chi connectivity index (χ2n) is 2.23. The fourth-order valence-corrected chi connectivity index (χ4v) is 0.531. The Kier molecular flexibility index (Phi) is 9.91. The van der Waals surface area contributed by atoms with E-state index < -0.39 is 37.0 Å². The third-order valence-corrected chi connectivity index (χ3v) is 1.25. The predicted molar refractivity (Wildman–Crippen MR) is 33.7 cm³/mol. The summed E-state index contributed by atoms with van der Waals surface area (Å²) in [6.45, 7) is -0.735. The van der Waals surface area contributed by atoms with Crippen LogP contribution >= 0.6 is 0 Å². The first-order valence-corrected chi connectivity index (χ1v) is 3.20. The average molecular weight is 216 g/mol. The van der Waals surface area contributed by atoms with Crippen molar-refractivity contribution in [2.75, 3.05) is 6.61 Å². The number of Topliss-reactive ketones (excluding diaryl/α,β-unsaturated/α-hetero) is 1. The smallest absolute Gasteiger partial charge is 0.542 e. The normalized spacial score (nSPS) is 14.1. The zero-order valence-electron chi connectivity index (χ0n) is 7.14. The molecule has 0 aromatic carbocycles. The van der Waals surface area contributed by atoms with Gasteiger partial charge in [-0.3, -0.25) is 4.79 Å². The van der Waals surface area contributed by atoms with E-state index in [2.05, 4.69) is 0 Å². The fourth-order valence-electron chi connectivity index (χ4n) is 0.531. The molecule has 0 unspecified atom stereocenters. The van der Waals surface area contributed by atoms with Crippen molar-refractivity contribution < 1.29 is 81.4 Å². The van der Waals surface area contributed by atoms with Gasteiger partial charge in [0.15, 0.2) is 5.78 Å². The van der Waals surface area contributed by atoms with E-state index in [1.165, 1.54) is 0 Å². The third-order valence-electron chi connectivity index (χ3n) is 1.25. The van der Waals surface area contributed by atoms with Gasteiger partial charge in [-0.1, -0.05) is 0 Å². The number of hydrogen-bond donors (Lipinski definition) is 3. The first kappa shape index (κ1) is 16.1. The molecule has 0 aliphatic rings. The Bertz CT molecular complexity index is 182. The molecule has 2 atom stereocenters. The minimum atomic E-state index is -1.92. The molecule has 13 heavy (non-hydrogen) atoms. The van der Waals surface area contributed by atoms with E-state index in [0.29, 0.717) is 0 Å². The number of carboxylic acids is 1. The largest absolute Gasteiger partial charge is 1.00 e. The molecular formula is C6H9KO6. The Balaban J connectivity index is 0. The van der Waals surface area contributed by atoms with Gasteiger partial charge in [-0.15, -0.1) is 0 Å². The van der Waals surface area contributed by atoms with Gasteiger partial charge in [0.1, 0.15) is 12.1 Å². The van der Waals surface area contributed by atoms with E-state index in [0.717, 1.165) is 0 Å². The maximum atomic E-state index is 10.4. The number of ketones is 1. The van der Waals surface area contributed by atoms with E-state index in [1.54, 1.807) is 0 Å². The molecule has 0 spiro atoms. The molecule has 0 saturated heterocycles. The zero-order chi connectivity index (χ0) is 9.72. The third kappa shape index (κ3) is 6.69. The molecule has 0 rings (SSSR count). The van der Waals surface area contributed by atoms with Crippen molar-refractivity contribution in [1.29, 1.82) is 0 Å². The number of aliphatic carboxylic acids is 1. The van der Waals surface area contributed by atoms with Crippen LogP contribution in [0.2, 0.25) is 0 Å². The molecule has 0 aliphatic heterocycles. The topological polar surface area (TPSA) is 118 Å². The molecular weight excluding hydrogens is 207 g/mol. The summed E-state index contributed by atoms with van der Waals surface area (Å²) in [4.78, 5) is 20.2. The maximum absolute atomic E-state index is 10.4. The van der Waals surface area contributed by atoms with Crippen LogP contribution in [0.15, 0.2) is 0 Å². The van der Waals surface area contributed by atoms with Gasteiger partial charge < -0.3 is 25.2 Å². The van der Waals surface area contributed by atoms with E-state index in [1.807, 2.05) is 0 Å². The van der Waals surface area contributed by atoms with Gasteiger partial charge in [-0.05, 0) is 0 Å². The Morgan fingerprint density at radius 1 is 1.23 bits per heavy atom. The number of hydrogen-bond acceptors (Lipinski definition) is 6. The molecule has 7 heteroatoms. The number of carbonyl (C=O) groups is 2. The van der Waals surface area contributed by atoms with Gasteiger partial charge in [0.25, 0.3) is 0 Å². The van der Waals surface area contributed by atoms with Crippen molar-refractivity contribution in [1.82, 2.24) is 0 Å². The van der Waals surface area contributed by atoms with Crippen LogP contribution < -0.4 is 56.5 Å². The minimum absolute atomic E-state index is 0. The Hall–Kier alpha value is 0.656. The number of aliphatic hydroxyl groups is 3. The molecule has 0 saturated carbocycles. The Morgan fingerprint density at radius 3 is 2.00 bits per heavy atom. The number of carboxylic acid groups (broad SMARTS) is 1. The van der Waals surface area contributed by atoms with Crippen LogP contribution in [0.25, 0.3) is 0 Å². The summed E-state index contributed by atoms with van der Waals surface area (Å²) in [5.74, 6) is -3.23. The van der Waals surface area contributed by atoms with Crippen molar-refractivity contribution in [3.8, 4) is 0 Å². The number of rotatable bonds is 5. The van der Waals surface area contributed by atoms with Gasteiger partial charge >= 0.3 is 51.4 Å². The van der Waals surface area contributed by atoms with E-state index in [9.17, 15) is 14.7 Å². The molecule has 3 N–H and O–H groups in total. The summed E-state index contributed by atoms with van der Waals surface area (Å²) in [6.07, 6.45) is -3.84. The number of aliphatic hydroxyl groups excluding tert-OH is 3. The second kappa shape index (κ2) is 8.01. The summed E-state index contributed by atoms with van der Waals surface area (Å²) in [5, 5.41) is 35.6. The molecule has 70 valence electrons. The summed E-state index contributed by atoms with van der Waals surface area (Å²) in [5.41, 5.74) is 0. The molecule has 0 radical (unpaired) electrons. The van der Waals surface area contributed by atoms with Crippen LogP contribution in [-0.2, 0) is 9.59 Å². The van der Waals surface area contributed by atoms with E-state index in [4.69, 9.17) is 15.3 Å². The molecule has 0 amide bonds. The molecule has 0 aromatic rings. The standard InChI is InChI=1S/C6H10O6.K/c7-2-5(10)3(8)1-4(9)6(11)12;/h3,5,7-8,10H,1-2H2,(H,11,12);/q;+1/p-1/t3-,5+;/m0./s1. The van der Waals surface area contributed by atoms with E-state index >= 15 is 0 Å². The number of carbonyl (C=O) groups excluding carboxylic acids is 2. The van der Waals surface area contributed by atoms with Gasteiger partial charge in [0.2, 0.25) is 0 Å². The SMILES string of the molecule is O=C([O-])C(=O)C[C@H](O)[C@H](O)CO.[K+]. The van der Waals surface area contributed by atoms with Gasteiger partial charge in [-0.2, -0.15) is 0 Å². The van der Waals surface area contributed by atoms with Crippen molar-refractivity contribution in [3.63, 3.8) is 0 Å². The Labute approximate surface area is 117 Å². The monoisotopic (exact) mass is 216 g/mol. The molecule has 0 aliphatic carbocycles. The first-order chi connectivity index (χ1) is 5.49. The fraction of sp³-hybridized carbons (Fsp3) is 0.667. The predicted octanol–water partition coefficient (Wildman–Crippen LogP) is -6.59. The zero-order valence-corrected chi connectivity index (χ0v) is 10.3. The summed E-state index contributed by atoms with van der Waals surface area (Å²) in [6, 6.07) is 0. The van der Waals surface area contributed by atoms with Gasteiger partial charge in [0.05, 0.1) is 12.7 Å². The van der Waals surface area contributed by atoms with Crippen LogP contribution in [0.4, 0.5) is 0 Å². The van der Waals surface area contributed by atoms with E-state index in [-0.39, 0.29) is 51.4 Å². The van der Waals surface area contributed by atoms with Gasteiger partial charge in [0, 0.05) is 6.42 Å². The molecule has 0 bridgehead atoms. The summed E-state index contributed by atoms with van der Waals surface area (Å²) < 4.78 is 0. The van der Waals surface area contributed by atoms with Crippen LogP contribution in [0, 0.1) is 0 Å². The van der Waals surface area contributed by atoms with Crippen LogP contribution in [0.1, 0.15) is 6.42 Å². The minimum Gasteiger partial charge on any atom is -0.542 e. The molecule has 6 nitrogen and oxygen atoms in total. The van der Waals surface area contributed by atoms with Crippen LogP contribution in [0.5, 0.6) is 0 Å². The first-order valence-electron chi connectivity index (χ1n) is 3.20. The van der Waals surface area contributed by atoms with Gasteiger partial charge in [-0.25, -0.2) is 0 Å². The van der Waals surface area contributed by atoms with Crippen LogP contribution in [-0.4, -0.2) is 45.9 Å². The van der Waals surface area contributed by atoms with Crippen molar-refractivity contribution in [2.45, 2.75) is 18.6 Å². The average Bonchev–Trinajstić information content (AvgIpc) is 2.02. The summed E-state index contributed by atoms with van der Waals surface area (Å²) >= 11 is 0. The van der Waals surface area contributed by atoms with Crippen molar-refractivity contribution in [2.24, 2.45) is 0 Å². The summed E-state index contributed by atoms with van der Waals surface area (Å²) in [7, 11) is 0. The maximum Gasteiger partial charge on any atom is 1.00 e. The van der Waals surface area contributed by atoms with Crippen LogP contribution in [0.3, 0.4) is 0 Å².